The molecule has 2 rings (SSSR count). The quantitative estimate of drug-likeness (QED) is 0.736. The van der Waals surface area contributed by atoms with Crippen molar-refractivity contribution in [1.82, 2.24) is 0 Å². The Balaban J connectivity index is 2.43. The maximum absolute atomic E-state index is 11.9. The molecule has 90 valence electrons. The summed E-state index contributed by atoms with van der Waals surface area (Å²) in [4.78, 5) is 22.2. The number of hydrogen-bond acceptors (Lipinski definition) is 4. The van der Waals surface area contributed by atoms with E-state index in [0.29, 0.717) is 11.8 Å². The maximum Gasteiger partial charge on any atom is 0.263 e. The smallest absolute Gasteiger partial charge is 0.263 e. The minimum absolute atomic E-state index is 0.264. The third-order valence-corrected chi connectivity index (χ3v) is 5.17. The predicted molar refractivity (Wildman–Crippen MR) is 62.3 cm³/mol. The lowest BCUT2D eigenvalue weighted by Crippen LogP contribution is -2.67. The van der Waals surface area contributed by atoms with Crippen molar-refractivity contribution < 1.29 is 18.0 Å². The molecule has 17 heavy (non-hydrogen) atoms. The van der Waals surface area contributed by atoms with Crippen LogP contribution in [0.3, 0.4) is 0 Å². The van der Waals surface area contributed by atoms with Gasteiger partial charge in [0, 0.05) is 5.56 Å². The van der Waals surface area contributed by atoms with Crippen LogP contribution in [0.15, 0.2) is 24.3 Å². The second kappa shape index (κ2) is 3.40. The molecule has 0 aromatic heterocycles. The van der Waals surface area contributed by atoms with Crippen LogP contribution in [0.25, 0.3) is 0 Å². The van der Waals surface area contributed by atoms with Crippen LogP contribution in [-0.4, -0.2) is 25.4 Å². The number of nitrogens with zero attached hydrogens (tertiary/aromatic N) is 1. The van der Waals surface area contributed by atoms with Gasteiger partial charge in [0.1, 0.15) is 6.29 Å². The Kier molecular flexibility index (Phi) is 2.36. The van der Waals surface area contributed by atoms with Gasteiger partial charge in [-0.3, -0.25) is 9.59 Å². The summed E-state index contributed by atoms with van der Waals surface area (Å²) in [7, 11) is -3.63. The average Bonchev–Trinajstić information content (AvgIpc) is 2.29. The molecule has 1 fully saturated rings. The monoisotopic (exact) mass is 253 g/mol. The molecule has 1 aliphatic heterocycles. The zero-order chi connectivity index (χ0) is 12.8. The number of benzene rings is 1. The van der Waals surface area contributed by atoms with Crippen molar-refractivity contribution in [3.05, 3.63) is 29.8 Å². The molecule has 1 aliphatic rings. The molecule has 0 aliphatic carbocycles. The molecule has 0 spiro atoms. The number of aldehydes is 1. The maximum atomic E-state index is 11.9. The van der Waals surface area contributed by atoms with Gasteiger partial charge in [0.25, 0.3) is 15.9 Å². The SMILES string of the molecule is CC1(C)C(=O)N(c2ccc(C=O)cc2)S1(=O)=O. The molecule has 0 saturated carbocycles. The van der Waals surface area contributed by atoms with E-state index in [2.05, 4.69) is 0 Å². The van der Waals surface area contributed by atoms with E-state index < -0.39 is 20.7 Å². The summed E-state index contributed by atoms with van der Waals surface area (Å²) in [6.07, 6.45) is 0.653. The molecular formula is C11H11NO4S. The largest absolute Gasteiger partial charge is 0.298 e. The molecule has 0 bridgehead atoms. The lowest BCUT2D eigenvalue weighted by atomic mass is 10.1. The van der Waals surface area contributed by atoms with E-state index >= 15 is 0 Å². The lowest BCUT2D eigenvalue weighted by molar-refractivity contribution is -0.120. The molecule has 6 heteroatoms. The molecule has 1 amide bonds. The van der Waals surface area contributed by atoms with Crippen LogP contribution in [-0.2, 0) is 14.8 Å². The molecular weight excluding hydrogens is 242 g/mol. The third-order valence-electron chi connectivity index (χ3n) is 2.85. The highest BCUT2D eigenvalue weighted by molar-refractivity contribution is 7.98. The highest BCUT2D eigenvalue weighted by Gasteiger charge is 2.60. The van der Waals surface area contributed by atoms with Gasteiger partial charge in [0.15, 0.2) is 4.75 Å². The van der Waals surface area contributed by atoms with Crippen molar-refractivity contribution in [2.45, 2.75) is 18.6 Å². The number of carbonyl (C=O) groups is 2. The molecule has 1 heterocycles. The van der Waals surface area contributed by atoms with Crippen molar-refractivity contribution in [3.8, 4) is 0 Å². The Morgan fingerprint density at radius 3 is 2.12 bits per heavy atom. The second-order valence-electron chi connectivity index (χ2n) is 4.29. The van der Waals surface area contributed by atoms with Gasteiger partial charge in [0.05, 0.1) is 5.69 Å². The number of rotatable bonds is 2. The van der Waals surface area contributed by atoms with Gasteiger partial charge in [-0.1, -0.05) is 0 Å². The van der Waals surface area contributed by atoms with Gasteiger partial charge >= 0.3 is 0 Å². The Morgan fingerprint density at radius 2 is 1.71 bits per heavy atom. The van der Waals surface area contributed by atoms with Crippen LogP contribution in [0.4, 0.5) is 5.69 Å². The Bertz CT molecular complexity index is 586. The van der Waals surface area contributed by atoms with Gasteiger partial charge in [-0.2, -0.15) is 0 Å². The van der Waals surface area contributed by atoms with Crippen LogP contribution in [0.5, 0.6) is 0 Å². The fraction of sp³-hybridized carbons (Fsp3) is 0.273. The van der Waals surface area contributed by atoms with Crippen LogP contribution in [0.1, 0.15) is 24.2 Å². The van der Waals surface area contributed by atoms with Crippen LogP contribution >= 0.6 is 0 Å². The molecule has 1 aromatic rings. The van der Waals surface area contributed by atoms with E-state index in [-0.39, 0.29) is 5.69 Å². The lowest BCUT2D eigenvalue weighted by Gasteiger charge is -2.42. The molecule has 0 radical (unpaired) electrons. The first-order valence-electron chi connectivity index (χ1n) is 4.97. The first kappa shape index (κ1) is 11.8. The van der Waals surface area contributed by atoms with E-state index in [1.165, 1.54) is 38.1 Å². The van der Waals surface area contributed by atoms with Gasteiger partial charge in [-0.15, -0.1) is 0 Å². The van der Waals surface area contributed by atoms with Crippen molar-refractivity contribution >= 4 is 27.9 Å². The van der Waals surface area contributed by atoms with E-state index in [1.54, 1.807) is 0 Å². The summed E-state index contributed by atoms with van der Waals surface area (Å²) in [5.41, 5.74) is 0.693. The average molecular weight is 253 g/mol. The van der Waals surface area contributed by atoms with E-state index in [0.717, 1.165) is 4.31 Å². The predicted octanol–water partition coefficient (Wildman–Crippen LogP) is 0.954. The number of hydrogen-bond donors (Lipinski definition) is 0. The number of amides is 1. The summed E-state index contributed by atoms with van der Waals surface area (Å²) >= 11 is 0. The summed E-state index contributed by atoms with van der Waals surface area (Å²) in [5.74, 6) is -0.462. The zero-order valence-corrected chi connectivity index (χ0v) is 10.2. The van der Waals surface area contributed by atoms with Gasteiger partial charge < -0.3 is 0 Å². The van der Waals surface area contributed by atoms with Crippen LogP contribution in [0, 0.1) is 0 Å². The highest BCUT2D eigenvalue weighted by Crippen LogP contribution is 2.38. The second-order valence-corrected chi connectivity index (χ2v) is 6.63. The number of anilines is 1. The highest BCUT2D eigenvalue weighted by atomic mass is 32.2. The molecule has 0 N–H and O–H groups in total. The normalized spacial score (nSPS) is 20.8. The summed E-state index contributed by atoms with van der Waals surface area (Å²) in [5, 5.41) is 0. The summed E-state index contributed by atoms with van der Waals surface area (Å²) in [6, 6.07) is 5.82. The molecule has 1 aromatic carbocycles. The van der Waals surface area contributed by atoms with Gasteiger partial charge in [-0.05, 0) is 38.1 Å². The van der Waals surface area contributed by atoms with Crippen LogP contribution < -0.4 is 4.31 Å². The topological polar surface area (TPSA) is 71.5 Å². The van der Waals surface area contributed by atoms with Crippen molar-refractivity contribution in [3.63, 3.8) is 0 Å². The van der Waals surface area contributed by atoms with Crippen molar-refractivity contribution in [2.24, 2.45) is 0 Å². The molecule has 5 nitrogen and oxygen atoms in total. The fourth-order valence-electron chi connectivity index (χ4n) is 1.60. The van der Waals surface area contributed by atoms with E-state index in [9.17, 15) is 18.0 Å². The van der Waals surface area contributed by atoms with Gasteiger partial charge in [0.2, 0.25) is 0 Å². The standard InChI is InChI=1S/C11H11NO4S/c1-11(2)10(14)12(17(11,15)16)9-5-3-8(7-13)4-6-9/h3-7H,1-2H3. The first-order chi connectivity index (χ1) is 7.82. The third kappa shape index (κ3) is 1.40. The first-order valence-corrected chi connectivity index (χ1v) is 6.41. The van der Waals surface area contributed by atoms with Gasteiger partial charge in [-0.25, -0.2) is 12.7 Å². The molecule has 0 unspecified atom stereocenters. The van der Waals surface area contributed by atoms with Crippen molar-refractivity contribution in [1.29, 1.82) is 0 Å². The number of sulfonamides is 1. The Hall–Kier alpha value is -1.69. The van der Waals surface area contributed by atoms with Crippen molar-refractivity contribution in [2.75, 3.05) is 4.31 Å². The van der Waals surface area contributed by atoms with E-state index in [1.807, 2.05) is 0 Å². The minimum Gasteiger partial charge on any atom is -0.298 e. The zero-order valence-electron chi connectivity index (χ0n) is 9.38. The fourth-order valence-corrected chi connectivity index (χ4v) is 3.08. The summed E-state index contributed by atoms with van der Waals surface area (Å²) < 4.78 is 23.1. The molecule has 1 saturated heterocycles. The Morgan fingerprint density at radius 1 is 1.18 bits per heavy atom. The van der Waals surface area contributed by atoms with E-state index in [4.69, 9.17) is 0 Å². The molecule has 0 atom stereocenters. The Labute approximate surface area is 99.1 Å². The van der Waals surface area contributed by atoms with Crippen LogP contribution in [0.2, 0.25) is 0 Å². The number of carbonyl (C=O) groups excluding carboxylic acids is 2. The minimum atomic E-state index is -3.63. The summed E-state index contributed by atoms with van der Waals surface area (Å²) in [6.45, 7) is 2.75.